The number of benzene rings is 1. The molecule has 3 nitrogen and oxygen atoms in total. The molecule has 100 valence electrons. The van der Waals surface area contributed by atoms with Crippen molar-refractivity contribution in [3.05, 3.63) is 34.4 Å². The van der Waals surface area contributed by atoms with Gasteiger partial charge < -0.3 is 9.84 Å². The van der Waals surface area contributed by atoms with Gasteiger partial charge in [-0.1, -0.05) is 0 Å². The first kappa shape index (κ1) is 14.4. The van der Waals surface area contributed by atoms with Crippen LogP contribution in [0.4, 0.5) is 17.6 Å². The standard InChI is InChI=1S/C11H10F4O3/c1-11(2,17)5-8(14)6(12)4(10(16)18-3)7(13)9(5)15/h17H,1-3H3. The molecule has 18 heavy (non-hydrogen) atoms. The number of hydrogen-bond donors (Lipinski definition) is 1. The smallest absolute Gasteiger partial charge is 0.344 e. The third-order valence-corrected chi connectivity index (χ3v) is 2.26. The van der Waals surface area contributed by atoms with Crippen LogP contribution in [0, 0.1) is 23.3 Å². The molecule has 0 saturated heterocycles. The van der Waals surface area contributed by atoms with Crippen LogP contribution in [0.25, 0.3) is 0 Å². The Balaban J connectivity index is 3.72. The fourth-order valence-electron chi connectivity index (χ4n) is 1.45. The first-order valence-corrected chi connectivity index (χ1v) is 4.80. The summed E-state index contributed by atoms with van der Waals surface area (Å²) in [6.07, 6.45) is 0. The second kappa shape index (κ2) is 4.56. The van der Waals surface area contributed by atoms with E-state index in [0.29, 0.717) is 0 Å². The van der Waals surface area contributed by atoms with Crippen molar-refractivity contribution in [3.8, 4) is 0 Å². The molecular formula is C11H10F4O3. The second-order valence-electron chi connectivity index (χ2n) is 4.06. The van der Waals surface area contributed by atoms with E-state index in [2.05, 4.69) is 4.74 Å². The zero-order valence-electron chi connectivity index (χ0n) is 9.78. The number of ether oxygens (including phenoxy) is 1. The summed E-state index contributed by atoms with van der Waals surface area (Å²) in [5, 5.41) is 9.46. The maximum atomic E-state index is 13.5. The predicted octanol–water partition coefficient (Wildman–Crippen LogP) is 2.26. The van der Waals surface area contributed by atoms with Gasteiger partial charge in [0, 0.05) is 0 Å². The molecule has 0 atom stereocenters. The van der Waals surface area contributed by atoms with Crippen molar-refractivity contribution in [2.24, 2.45) is 0 Å². The van der Waals surface area contributed by atoms with E-state index in [1.807, 2.05) is 0 Å². The molecule has 0 aliphatic carbocycles. The molecule has 0 amide bonds. The maximum Gasteiger partial charge on any atom is 0.344 e. The van der Waals surface area contributed by atoms with Crippen molar-refractivity contribution < 1.29 is 32.2 Å². The minimum absolute atomic E-state index is 0.806. The molecular weight excluding hydrogens is 256 g/mol. The number of hydrogen-bond acceptors (Lipinski definition) is 3. The summed E-state index contributed by atoms with van der Waals surface area (Å²) in [5.41, 5.74) is -4.81. The van der Waals surface area contributed by atoms with E-state index in [-0.39, 0.29) is 0 Å². The Morgan fingerprint density at radius 1 is 1.06 bits per heavy atom. The largest absolute Gasteiger partial charge is 0.465 e. The number of aliphatic hydroxyl groups is 1. The van der Waals surface area contributed by atoms with Crippen LogP contribution in [-0.4, -0.2) is 18.2 Å². The highest BCUT2D eigenvalue weighted by Gasteiger charge is 2.35. The maximum absolute atomic E-state index is 13.5. The first-order valence-electron chi connectivity index (χ1n) is 4.80. The summed E-state index contributed by atoms with van der Waals surface area (Å²) in [6.45, 7) is 1.90. The van der Waals surface area contributed by atoms with Gasteiger partial charge in [0.15, 0.2) is 23.3 Å². The van der Waals surface area contributed by atoms with Crippen molar-refractivity contribution in [1.29, 1.82) is 0 Å². The molecule has 0 aliphatic rings. The summed E-state index contributed by atoms with van der Waals surface area (Å²) < 4.78 is 58.1. The molecule has 0 aromatic heterocycles. The minimum atomic E-state index is -2.15. The third-order valence-electron chi connectivity index (χ3n) is 2.26. The van der Waals surface area contributed by atoms with Gasteiger partial charge in [-0.15, -0.1) is 0 Å². The van der Waals surface area contributed by atoms with Gasteiger partial charge >= 0.3 is 5.97 Å². The van der Waals surface area contributed by atoms with E-state index in [1.54, 1.807) is 0 Å². The predicted molar refractivity (Wildman–Crippen MR) is 52.9 cm³/mol. The molecule has 0 aliphatic heterocycles. The minimum Gasteiger partial charge on any atom is -0.465 e. The summed E-state index contributed by atoms with van der Waals surface area (Å²) in [4.78, 5) is 11.0. The van der Waals surface area contributed by atoms with Gasteiger partial charge in [0.25, 0.3) is 0 Å². The van der Waals surface area contributed by atoms with Crippen LogP contribution in [0.5, 0.6) is 0 Å². The number of halogens is 4. The topological polar surface area (TPSA) is 46.5 Å². The van der Waals surface area contributed by atoms with Crippen molar-refractivity contribution in [2.75, 3.05) is 7.11 Å². The highest BCUT2D eigenvalue weighted by Crippen LogP contribution is 2.31. The van der Waals surface area contributed by atoms with E-state index in [1.165, 1.54) is 0 Å². The Labute approximate surface area is 100.0 Å². The van der Waals surface area contributed by atoms with Gasteiger partial charge in [-0.25, -0.2) is 22.4 Å². The Bertz CT molecular complexity index is 477. The van der Waals surface area contributed by atoms with Gasteiger partial charge in [-0.05, 0) is 13.8 Å². The summed E-state index contributed by atoms with van der Waals surface area (Å²) in [6, 6.07) is 0. The normalized spacial score (nSPS) is 11.6. The summed E-state index contributed by atoms with van der Waals surface area (Å²) >= 11 is 0. The van der Waals surface area contributed by atoms with E-state index in [9.17, 15) is 27.5 Å². The molecule has 1 rings (SSSR count). The second-order valence-corrected chi connectivity index (χ2v) is 4.06. The van der Waals surface area contributed by atoms with Crippen LogP contribution < -0.4 is 0 Å². The highest BCUT2D eigenvalue weighted by molar-refractivity contribution is 5.90. The Morgan fingerprint density at radius 2 is 1.44 bits per heavy atom. The molecule has 0 radical (unpaired) electrons. The lowest BCUT2D eigenvalue weighted by Gasteiger charge is -2.20. The van der Waals surface area contributed by atoms with Crippen LogP contribution in [0.1, 0.15) is 29.8 Å². The Kier molecular flexibility index (Phi) is 3.66. The van der Waals surface area contributed by atoms with E-state index < -0.39 is 46.0 Å². The lowest BCUT2D eigenvalue weighted by molar-refractivity contribution is 0.0569. The molecule has 0 spiro atoms. The van der Waals surface area contributed by atoms with Crippen LogP contribution in [0.3, 0.4) is 0 Å². The molecule has 0 fully saturated rings. The van der Waals surface area contributed by atoms with E-state index in [4.69, 9.17) is 0 Å². The summed E-state index contributed by atoms with van der Waals surface area (Å²) in [7, 11) is 0.806. The van der Waals surface area contributed by atoms with E-state index in [0.717, 1.165) is 21.0 Å². The van der Waals surface area contributed by atoms with Crippen LogP contribution in [0.2, 0.25) is 0 Å². The van der Waals surface area contributed by atoms with Gasteiger partial charge in [0.2, 0.25) is 0 Å². The fraction of sp³-hybridized carbons (Fsp3) is 0.364. The van der Waals surface area contributed by atoms with Crippen molar-refractivity contribution in [1.82, 2.24) is 0 Å². The zero-order valence-corrected chi connectivity index (χ0v) is 9.78. The zero-order chi connectivity index (χ0) is 14.2. The number of carbonyl (C=O) groups excluding carboxylic acids is 1. The molecule has 0 bridgehead atoms. The SMILES string of the molecule is COC(=O)c1c(F)c(F)c(C(C)(C)O)c(F)c1F. The molecule has 7 heteroatoms. The van der Waals surface area contributed by atoms with Crippen molar-refractivity contribution in [2.45, 2.75) is 19.4 Å². The average Bonchev–Trinajstić information content (AvgIpc) is 2.24. The van der Waals surface area contributed by atoms with E-state index >= 15 is 0 Å². The van der Waals surface area contributed by atoms with Crippen LogP contribution in [0.15, 0.2) is 0 Å². The molecule has 1 N–H and O–H groups in total. The lowest BCUT2D eigenvalue weighted by atomic mass is 9.95. The monoisotopic (exact) mass is 266 g/mol. The van der Waals surface area contributed by atoms with Crippen molar-refractivity contribution in [3.63, 3.8) is 0 Å². The van der Waals surface area contributed by atoms with Gasteiger partial charge in [-0.2, -0.15) is 0 Å². The lowest BCUT2D eigenvalue weighted by Crippen LogP contribution is -2.24. The van der Waals surface area contributed by atoms with Gasteiger partial charge in [0.05, 0.1) is 18.3 Å². The summed E-state index contributed by atoms with van der Waals surface area (Å²) in [5.74, 6) is -9.02. The Morgan fingerprint density at radius 3 is 1.72 bits per heavy atom. The van der Waals surface area contributed by atoms with Crippen LogP contribution in [-0.2, 0) is 10.3 Å². The van der Waals surface area contributed by atoms with Gasteiger partial charge in [-0.3, -0.25) is 0 Å². The molecule has 1 aromatic carbocycles. The molecule has 0 unspecified atom stereocenters. The molecule has 0 heterocycles. The first-order chi connectivity index (χ1) is 8.12. The van der Waals surface area contributed by atoms with Gasteiger partial charge in [0.1, 0.15) is 5.56 Å². The third kappa shape index (κ3) is 2.17. The average molecular weight is 266 g/mol. The highest BCUT2D eigenvalue weighted by atomic mass is 19.2. The quantitative estimate of drug-likeness (QED) is 0.507. The number of carbonyl (C=O) groups is 1. The fourth-order valence-corrected chi connectivity index (χ4v) is 1.45. The number of esters is 1. The number of rotatable bonds is 2. The van der Waals surface area contributed by atoms with Crippen molar-refractivity contribution >= 4 is 5.97 Å². The molecule has 0 saturated carbocycles. The number of methoxy groups -OCH3 is 1. The van der Waals surface area contributed by atoms with Crippen LogP contribution >= 0.6 is 0 Å². The Hall–Kier alpha value is -1.63. The molecule has 1 aromatic rings.